The third kappa shape index (κ3) is 4.44. The summed E-state index contributed by atoms with van der Waals surface area (Å²) >= 11 is 0. The Morgan fingerprint density at radius 3 is 2.88 bits per heavy atom. The fourth-order valence-electron chi connectivity index (χ4n) is 1.59. The van der Waals surface area contributed by atoms with Crippen molar-refractivity contribution in [2.24, 2.45) is 0 Å². The van der Waals surface area contributed by atoms with Crippen molar-refractivity contribution in [1.29, 1.82) is 0 Å². The maximum absolute atomic E-state index is 11.0. The Morgan fingerprint density at radius 2 is 2.29 bits per heavy atom. The number of nitrogens with one attached hydrogen (secondary N) is 1. The summed E-state index contributed by atoms with van der Waals surface area (Å²) in [4.78, 5) is 11.0. The minimum absolute atomic E-state index is 0.519. The molecule has 0 amide bonds. The normalized spacial score (nSPS) is 12.1. The van der Waals surface area contributed by atoms with Gasteiger partial charge in [-0.3, -0.25) is 0 Å². The quantitative estimate of drug-likeness (QED) is 0.762. The topological polar surface area (TPSA) is 58.6 Å². The monoisotopic (exact) mass is 237 g/mol. The largest absolute Gasteiger partial charge is 0.479 e. The average molecular weight is 237 g/mol. The van der Waals surface area contributed by atoms with Crippen molar-refractivity contribution in [2.45, 2.75) is 32.4 Å². The van der Waals surface area contributed by atoms with E-state index in [9.17, 15) is 4.79 Å². The highest BCUT2D eigenvalue weighted by Gasteiger charge is 2.17. The van der Waals surface area contributed by atoms with Crippen molar-refractivity contribution in [3.8, 4) is 5.75 Å². The number of hydrogen-bond acceptors (Lipinski definition) is 3. The van der Waals surface area contributed by atoms with Crippen LogP contribution in [0.25, 0.3) is 0 Å². The van der Waals surface area contributed by atoms with Crippen LogP contribution in [0.2, 0.25) is 0 Å². The Labute approximate surface area is 102 Å². The summed E-state index contributed by atoms with van der Waals surface area (Å²) < 4.78 is 5.48. The minimum atomic E-state index is -0.911. The van der Waals surface area contributed by atoms with Crippen molar-refractivity contribution >= 4 is 5.97 Å². The molecule has 94 valence electrons. The van der Waals surface area contributed by atoms with Gasteiger partial charge in [-0.05, 0) is 31.2 Å². The molecule has 1 rings (SSSR count). The van der Waals surface area contributed by atoms with Crippen LogP contribution < -0.4 is 10.1 Å². The highest BCUT2D eigenvalue weighted by atomic mass is 16.5. The molecule has 0 aliphatic rings. The van der Waals surface area contributed by atoms with E-state index in [-0.39, 0.29) is 0 Å². The zero-order chi connectivity index (χ0) is 12.7. The Kier molecular flexibility index (Phi) is 5.49. The summed E-state index contributed by atoms with van der Waals surface area (Å²) in [6.07, 6.45) is 0.545. The first-order chi connectivity index (χ1) is 8.17. The summed E-state index contributed by atoms with van der Waals surface area (Å²) in [7, 11) is 1.87. The summed E-state index contributed by atoms with van der Waals surface area (Å²) in [5, 5.41) is 12.0. The summed E-state index contributed by atoms with van der Waals surface area (Å²) in [6, 6.07) is 7.48. The highest BCUT2D eigenvalue weighted by Crippen LogP contribution is 2.16. The van der Waals surface area contributed by atoms with Gasteiger partial charge in [0.25, 0.3) is 0 Å². The van der Waals surface area contributed by atoms with E-state index >= 15 is 0 Å². The van der Waals surface area contributed by atoms with Crippen LogP contribution in [0.1, 0.15) is 25.3 Å². The van der Waals surface area contributed by atoms with E-state index < -0.39 is 12.1 Å². The molecule has 0 aromatic heterocycles. The summed E-state index contributed by atoms with van der Waals surface area (Å²) in [5.74, 6) is -0.301. The number of hydrogen-bond donors (Lipinski definition) is 2. The fraction of sp³-hybridized carbons (Fsp3) is 0.462. The van der Waals surface area contributed by atoms with Crippen LogP contribution in [-0.4, -0.2) is 24.2 Å². The molecule has 0 bridgehead atoms. The average Bonchev–Trinajstić information content (AvgIpc) is 2.29. The predicted octanol–water partition coefficient (Wildman–Crippen LogP) is 2.04. The molecule has 0 fully saturated rings. The van der Waals surface area contributed by atoms with Crippen molar-refractivity contribution in [3.63, 3.8) is 0 Å². The van der Waals surface area contributed by atoms with Crippen LogP contribution in [0, 0.1) is 0 Å². The van der Waals surface area contributed by atoms with Crippen LogP contribution in [0.15, 0.2) is 24.3 Å². The van der Waals surface area contributed by atoms with Gasteiger partial charge in [0.1, 0.15) is 5.75 Å². The second kappa shape index (κ2) is 6.91. The molecule has 0 aliphatic carbocycles. The van der Waals surface area contributed by atoms with Gasteiger partial charge in [0, 0.05) is 6.54 Å². The van der Waals surface area contributed by atoms with Crippen LogP contribution in [-0.2, 0) is 11.3 Å². The van der Waals surface area contributed by atoms with Gasteiger partial charge in [-0.15, -0.1) is 0 Å². The number of ether oxygens (including phenoxy) is 1. The lowest BCUT2D eigenvalue weighted by atomic mass is 10.2. The van der Waals surface area contributed by atoms with Gasteiger partial charge in [-0.1, -0.05) is 25.5 Å². The molecule has 17 heavy (non-hydrogen) atoms. The highest BCUT2D eigenvalue weighted by molar-refractivity contribution is 5.72. The van der Waals surface area contributed by atoms with Crippen molar-refractivity contribution in [1.82, 2.24) is 5.32 Å². The Morgan fingerprint density at radius 1 is 1.53 bits per heavy atom. The van der Waals surface area contributed by atoms with E-state index in [0.29, 0.717) is 12.2 Å². The number of aliphatic carboxylic acids is 1. The number of rotatable bonds is 7. The number of benzene rings is 1. The van der Waals surface area contributed by atoms with Gasteiger partial charge in [-0.25, -0.2) is 4.79 Å². The minimum Gasteiger partial charge on any atom is -0.479 e. The lowest BCUT2D eigenvalue weighted by Crippen LogP contribution is -2.26. The molecule has 1 unspecified atom stereocenters. The van der Waals surface area contributed by atoms with Crippen LogP contribution >= 0.6 is 0 Å². The van der Waals surface area contributed by atoms with Crippen molar-refractivity contribution in [3.05, 3.63) is 29.8 Å². The molecule has 1 atom stereocenters. The molecule has 0 aliphatic heterocycles. The van der Waals surface area contributed by atoms with Crippen molar-refractivity contribution < 1.29 is 14.6 Å². The smallest absolute Gasteiger partial charge is 0.344 e. The van der Waals surface area contributed by atoms with Gasteiger partial charge >= 0.3 is 5.97 Å². The molecule has 2 N–H and O–H groups in total. The standard InChI is InChI=1S/C13H19NO3/c1-3-5-12(13(15)16)17-11-7-4-6-10(8-11)9-14-2/h4,6-8,12,14H,3,5,9H2,1-2H3,(H,15,16). The van der Waals surface area contributed by atoms with E-state index in [1.165, 1.54) is 0 Å². The molecule has 0 saturated carbocycles. The number of carboxylic acid groups (broad SMARTS) is 1. The molecule has 4 heteroatoms. The third-order valence-corrected chi connectivity index (χ3v) is 2.38. The van der Waals surface area contributed by atoms with Gasteiger partial charge in [0.15, 0.2) is 6.10 Å². The zero-order valence-corrected chi connectivity index (χ0v) is 10.3. The molecular weight excluding hydrogens is 218 g/mol. The molecule has 0 saturated heterocycles. The Balaban J connectivity index is 2.71. The summed E-state index contributed by atoms with van der Waals surface area (Å²) in [5.41, 5.74) is 1.07. The molecule has 0 radical (unpaired) electrons. The van der Waals surface area contributed by atoms with Gasteiger partial charge in [-0.2, -0.15) is 0 Å². The van der Waals surface area contributed by atoms with Gasteiger partial charge < -0.3 is 15.2 Å². The summed E-state index contributed by atoms with van der Waals surface area (Å²) in [6.45, 7) is 2.68. The van der Waals surface area contributed by atoms with Crippen LogP contribution in [0.5, 0.6) is 5.75 Å². The lowest BCUT2D eigenvalue weighted by molar-refractivity contribution is -0.145. The Bertz CT molecular complexity index is 365. The Hall–Kier alpha value is -1.55. The molecule has 1 aromatic carbocycles. The van der Waals surface area contributed by atoms with E-state index in [1.807, 2.05) is 32.2 Å². The van der Waals surface area contributed by atoms with E-state index in [2.05, 4.69) is 5.32 Å². The van der Waals surface area contributed by atoms with Crippen LogP contribution in [0.4, 0.5) is 0 Å². The SMILES string of the molecule is CCCC(Oc1cccc(CNC)c1)C(=O)O. The molecule has 0 heterocycles. The molecule has 1 aromatic rings. The second-order valence-corrected chi connectivity index (χ2v) is 3.91. The zero-order valence-electron chi connectivity index (χ0n) is 10.3. The van der Waals surface area contributed by atoms with Gasteiger partial charge in [0.2, 0.25) is 0 Å². The van der Waals surface area contributed by atoms with E-state index in [4.69, 9.17) is 9.84 Å². The molecule has 4 nitrogen and oxygen atoms in total. The van der Waals surface area contributed by atoms with E-state index in [1.54, 1.807) is 6.07 Å². The maximum atomic E-state index is 11.0. The van der Waals surface area contributed by atoms with Crippen molar-refractivity contribution in [2.75, 3.05) is 7.05 Å². The molecular formula is C13H19NO3. The number of carboxylic acids is 1. The maximum Gasteiger partial charge on any atom is 0.344 e. The lowest BCUT2D eigenvalue weighted by Gasteiger charge is -2.14. The third-order valence-electron chi connectivity index (χ3n) is 2.38. The fourth-order valence-corrected chi connectivity index (χ4v) is 1.59. The van der Waals surface area contributed by atoms with Gasteiger partial charge in [0.05, 0.1) is 0 Å². The predicted molar refractivity (Wildman–Crippen MR) is 66.2 cm³/mol. The second-order valence-electron chi connectivity index (χ2n) is 3.91. The number of carbonyl (C=O) groups is 1. The first-order valence-corrected chi connectivity index (χ1v) is 5.80. The molecule has 0 spiro atoms. The first kappa shape index (κ1) is 13.5. The van der Waals surface area contributed by atoms with E-state index in [0.717, 1.165) is 18.5 Å². The first-order valence-electron chi connectivity index (χ1n) is 5.80. The van der Waals surface area contributed by atoms with Crippen LogP contribution in [0.3, 0.4) is 0 Å².